The van der Waals surface area contributed by atoms with E-state index in [4.69, 9.17) is 4.42 Å². The maximum Gasteiger partial charge on any atom is 0.0981 e. The van der Waals surface area contributed by atoms with E-state index in [1.54, 1.807) is 12.5 Å². The third kappa shape index (κ3) is 2.98. The molecule has 0 fully saturated rings. The fourth-order valence-corrected chi connectivity index (χ4v) is 1.92. The zero-order chi connectivity index (χ0) is 12.1. The van der Waals surface area contributed by atoms with E-state index in [1.807, 2.05) is 6.07 Å². The molecule has 1 heterocycles. The van der Waals surface area contributed by atoms with Crippen LogP contribution in [0.5, 0.6) is 0 Å². The Morgan fingerprint density at radius 3 is 2.82 bits per heavy atom. The van der Waals surface area contributed by atoms with Crippen molar-refractivity contribution in [3.63, 3.8) is 0 Å². The van der Waals surface area contributed by atoms with Crippen LogP contribution in [0.2, 0.25) is 0 Å². The molecule has 1 aromatic heterocycles. The molecule has 0 aliphatic heterocycles. The quantitative estimate of drug-likeness (QED) is 0.790. The first-order chi connectivity index (χ1) is 8.31. The maximum absolute atomic E-state index is 5.15. The van der Waals surface area contributed by atoms with Crippen molar-refractivity contribution in [3.8, 4) is 11.1 Å². The minimum atomic E-state index is 0.930. The molecule has 1 N–H and O–H groups in total. The number of rotatable bonds is 5. The van der Waals surface area contributed by atoms with Crippen molar-refractivity contribution in [3.05, 3.63) is 47.9 Å². The van der Waals surface area contributed by atoms with E-state index >= 15 is 0 Å². The summed E-state index contributed by atoms with van der Waals surface area (Å²) in [5.74, 6) is 0. The summed E-state index contributed by atoms with van der Waals surface area (Å²) < 4.78 is 5.15. The van der Waals surface area contributed by atoms with Gasteiger partial charge >= 0.3 is 0 Å². The minimum absolute atomic E-state index is 0.930. The first-order valence-corrected chi connectivity index (χ1v) is 6.14. The monoisotopic (exact) mass is 229 g/mol. The van der Waals surface area contributed by atoms with Crippen molar-refractivity contribution in [2.45, 2.75) is 26.8 Å². The number of hydrogen-bond acceptors (Lipinski definition) is 2. The molecule has 0 aliphatic rings. The zero-order valence-corrected chi connectivity index (χ0v) is 10.5. The van der Waals surface area contributed by atoms with Crippen LogP contribution in [0.3, 0.4) is 0 Å². The Hall–Kier alpha value is -1.54. The SMILES string of the molecule is CCCNCc1ccc(C)c(-c2ccoc2)c1. The van der Waals surface area contributed by atoms with E-state index in [9.17, 15) is 0 Å². The lowest BCUT2D eigenvalue weighted by Crippen LogP contribution is -2.13. The van der Waals surface area contributed by atoms with E-state index in [0.29, 0.717) is 0 Å². The number of benzene rings is 1. The summed E-state index contributed by atoms with van der Waals surface area (Å²) in [5, 5.41) is 3.42. The topological polar surface area (TPSA) is 25.2 Å². The standard InChI is InChI=1S/C15H19NO/c1-3-7-16-10-13-5-4-12(2)15(9-13)14-6-8-17-11-14/h4-6,8-9,11,16H,3,7,10H2,1-2H3. The number of nitrogens with one attached hydrogen (secondary N) is 1. The Labute approximate surface area is 103 Å². The average Bonchev–Trinajstić information content (AvgIpc) is 2.85. The zero-order valence-electron chi connectivity index (χ0n) is 10.5. The number of hydrogen-bond donors (Lipinski definition) is 1. The van der Waals surface area contributed by atoms with Crippen LogP contribution >= 0.6 is 0 Å². The molecule has 1 aromatic carbocycles. The van der Waals surface area contributed by atoms with Gasteiger partial charge in [-0.3, -0.25) is 0 Å². The van der Waals surface area contributed by atoms with Gasteiger partial charge in [0.05, 0.1) is 12.5 Å². The highest BCUT2D eigenvalue weighted by Crippen LogP contribution is 2.24. The molecule has 0 aliphatic carbocycles. The largest absolute Gasteiger partial charge is 0.472 e. The van der Waals surface area contributed by atoms with Gasteiger partial charge in [-0.15, -0.1) is 0 Å². The Bertz CT molecular complexity index is 460. The van der Waals surface area contributed by atoms with E-state index in [-0.39, 0.29) is 0 Å². The molecule has 0 saturated heterocycles. The fourth-order valence-electron chi connectivity index (χ4n) is 1.92. The van der Waals surface area contributed by atoms with Gasteiger partial charge in [0.15, 0.2) is 0 Å². The van der Waals surface area contributed by atoms with Gasteiger partial charge in [0.2, 0.25) is 0 Å². The van der Waals surface area contributed by atoms with E-state index < -0.39 is 0 Å². The molecule has 90 valence electrons. The van der Waals surface area contributed by atoms with Gasteiger partial charge in [-0.05, 0) is 48.7 Å². The van der Waals surface area contributed by atoms with Crippen molar-refractivity contribution < 1.29 is 4.42 Å². The van der Waals surface area contributed by atoms with Crippen molar-refractivity contribution in [2.75, 3.05) is 6.54 Å². The van der Waals surface area contributed by atoms with Gasteiger partial charge in [-0.2, -0.15) is 0 Å². The first-order valence-electron chi connectivity index (χ1n) is 6.14. The second kappa shape index (κ2) is 5.69. The first kappa shape index (κ1) is 11.9. The van der Waals surface area contributed by atoms with Crippen LogP contribution in [0, 0.1) is 6.92 Å². The smallest absolute Gasteiger partial charge is 0.0981 e. The molecule has 2 rings (SSSR count). The molecule has 17 heavy (non-hydrogen) atoms. The second-order valence-corrected chi connectivity index (χ2v) is 4.34. The van der Waals surface area contributed by atoms with Crippen LogP contribution < -0.4 is 5.32 Å². The van der Waals surface area contributed by atoms with Gasteiger partial charge in [-0.1, -0.05) is 19.1 Å². The average molecular weight is 229 g/mol. The van der Waals surface area contributed by atoms with E-state index in [2.05, 4.69) is 37.4 Å². The van der Waals surface area contributed by atoms with Crippen molar-refractivity contribution >= 4 is 0 Å². The molecule has 2 aromatic rings. The Morgan fingerprint density at radius 1 is 1.24 bits per heavy atom. The van der Waals surface area contributed by atoms with Crippen LogP contribution in [-0.2, 0) is 6.54 Å². The molecule has 0 amide bonds. The summed E-state index contributed by atoms with van der Waals surface area (Å²) in [6.45, 7) is 6.30. The normalized spacial score (nSPS) is 10.7. The molecule has 0 unspecified atom stereocenters. The highest BCUT2D eigenvalue weighted by molar-refractivity contribution is 5.66. The predicted octanol–water partition coefficient (Wildman–Crippen LogP) is 3.75. The Kier molecular flexibility index (Phi) is 3.99. The highest BCUT2D eigenvalue weighted by Gasteiger charge is 2.04. The number of furan rings is 1. The van der Waals surface area contributed by atoms with Crippen LogP contribution in [0.4, 0.5) is 0 Å². The van der Waals surface area contributed by atoms with Crippen molar-refractivity contribution in [1.82, 2.24) is 5.32 Å². The van der Waals surface area contributed by atoms with Gasteiger partial charge in [0.25, 0.3) is 0 Å². The molecule has 2 nitrogen and oxygen atoms in total. The summed E-state index contributed by atoms with van der Waals surface area (Å²) in [4.78, 5) is 0. The summed E-state index contributed by atoms with van der Waals surface area (Å²) in [6, 6.07) is 8.60. The lowest BCUT2D eigenvalue weighted by atomic mass is 10.0. The number of aryl methyl sites for hydroxylation is 1. The van der Waals surface area contributed by atoms with E-state index in [0.717, 1.165) is 18.7 Å². The van der Waals surface area contributed by atoms with Crippen molar-refractivity contribution in [2.24, 2.45) is 0 Å². The molecular weight excluding hydrogens is 210 g/mol. The minimum Gasteiger partial charge on any atom is -0.472 e. The Morgan fingerprint density at radius 2 is 2.12 bits per heavy atom. The predicted molar refractivity (Wildman–Crippen MR) is 70.9 cm³/mol. The molecule has 0 radical (unpaired) electrons. The maximum atomic E-state index is 5.15. The molecule has 2 heteroatoms. The summed E-state index contributed by atoms with van der Waals surface area (Å²) >= 11 is 0. The van der Waals surface area contributed by atoms with Crippen LogP contribution in [0.25, 0.3) is 11.1 Å². The summed E-state index contributed by atoms with van der Waals surface area (Å²) in [5.41, 5.74) is 5.01. The molecule has 0 bridgehead atoms. The molecule has 0 spiro atoms. The van der Waals surface area contributed by atoms with Gasteiger partial charge in [0, 0.05) is 12.1 Å². The van der Waals surface area contributed by atoms with Crippen LogP contribution in [0.1, 0.15) is 24.5 Å². The fraction of sp³-hybridized carbons (Fsp3) is 0.333. The highest BCUT2D eigenvalue weighted by atomic mass is 16.3. The lowest BCUT2D eigenvalue weighted by molar-refractivity contribution is 0.568. The van der Waals surface area contributed by atoms with Gasteiger partial charge in [0.1, 0.15) is 0 Å². The van der Waals surface area contributed by atoms with Crippen LogP contribution in [-0.4, -0.2) is 6.54 Å². The third-order valence-corrected chi connectivity index (χ3v) is 2.89. The van der Waals surface area contributed by atoms with Crippen molar-refractivity contribution in [1.29, 1.82) is 0 Å². The Balaban J connectivity index is 2.18. The second-order valence-electron chi connectivity index (χ2n) is 4.34. The third-order valence-electron chi connectivity index (χ3n) is 2.89. The van der Waals surface area contributed by atoms with Gasteiger partial charge < -0.3 is 9.73 Å². The summed E-state index contributed by atoms with van der Waals surface area (Å²) in [6.07, 6.45) is 4.68. The lowest BCUT2D eigenvalue weighted by Gasteiger charge is -2.08. The molecule has 0 saturated carbocycles. The molecular formula is C15H19NO. The van der Waals surface area contributed by atoms with Crippen LogP contribution in [0.15, 0.2) is 41.2 Å². The van der Waals surface area contributed by atoms with Gasteiger partial charge in [-0.25, -0.2) is 0 Å². The summed E-state index contributed by atoms with van der Waals surface area (Å²) in [7, 11) is 0. The molecule has 0 atom stereocenters. The van der Waals surface area contributed by atoms with E-state index in [1.165, 1.54) is 23.1 Å².